The summed E-state index contributed by atoms with van der Waals surface area (Å²) in [7, 11) is 0. The Balaban J connectivity index is 1.96. The van der Waals surface area contributed by atoms with Gasteiger partial charge in [-0.25, -0.2) is 0 Å². The summed E-state index contributed by atoms with van der Waals surface area (Å²) in [5, 5.41) is 10.00. The third-order valence-corrected chi connectivity index (χ3v) is 3.00. The van der Waals surface area contributed by atoms with E-state index in [1.165, 1.54) is 0 Å². The van der Waals surface area contributed by atoms with E-state index >= 15 is 0 Å². The zero-order chi connectivity index (χ0) is 11.4. The minimum atomic E-state index is -0.566. The first kappa shape index (κ1) is 11.1. The second-order valence-electron chi connectivity index (χ2n) is 4.22. The van der Waals surface area contributed by atoms with Crippen molar-refractivity contribution in [2.45, 2.75) is 25.4 Å². The number of aliphatic hydroxyl groups excluding tert-OH is 1. The summed E-state index contributed by atoms with van der Waals surface area (Å²) < 4.78 is 0. The second kappa shape index (κ2) is 5.12. The number of amides is 1. The molecule has 1 amide bonds. The first-order chi connectivity index (χ1) is 7.77. The zero-order valence-corrected chi connectivity index (χ0v) is 9.30. The van der Waals surface area contributed by atoms with Gasteiger partial charge in [0, 0.05) is 13.0 Å². The number of nitrogens with zero attached hydrogens (tertiary/aromatic N) is 1. The van der Waals surface area contributed by atoms with Crippen LogP contribution in [0.25, 0.3) is 0 Å². The Morgan fingerprint density at radius 1 is 1.25 bits per heavy atom. The van der Waals surface area contributed by atoms with Crippen LogP contribution in [0.5, 0.6) is 0 Å². The lowest BCUT2D eigenvalue weighted by Gasteiger charge is -2.28. The Kier molecular flexibility index (Phi) is 3.57. The highest BCUT2D eigenvalue weighted by Crippen LogP contribution is 2.17. The van der Waals surface area contributed by atoms with Gasteiger partial charge < -0.3 is 10.0 Å². The number of rotatable bonds is 3. The van der Waals surface area contributed by atoms with Gasteiger partial charge in [0.05, 0.1) is 12.6 Å². The number of benzene rings is 1. The standard InChI is InChI=1S/C13H17NO2/c15-12(11-6-2-1-3-7-11)10-14-9-5-4-8-13(14)16/h1-3,6-7,12,15H,4-5,8-10H2/t12-/m1/s1. The van der Waals surface area contributed by atoms with Gasteiger partial charge in [0.25, 0.3) is 0 Å². The Hall–Kier alpha value is -1.35. The molecule has 0 spiro atoms. The fourth-order valence-corrected chi connectivity index (χ4v) is 2.04. The molecule has 1 saturated heterocycles. The van der Waals surface area contributed by atoms with Crippen LogP contribution in [-0.4, -0.2) is 29.0 Å². The van der Waals surface area contributed by atoms with E-state index in [1.54, 1.807) is 4.90 Å². The minimum absolute atomic E-state index is 0.168. The molecule has 1 fully saturated rings. The van der Waals surface area contributed by atoms with E-state index < -0.39 is 6.10 Å². The van der Waals surface area contributed by atoms with Gasteiger partial charge in [-0.05, 0) is 18.4 Å². The first-order valence-electron chi connectivity index (χ1n) is 5.78. The number of likely N-dealkylation sites (tertiary alicyclic amines) is 1. The van der Waals surface area contributed by atoms with E-state index in [2.05, 4.69) is 0 Å². The average Bonchev–Trinajstić information content (AvgIpc) is 2.33. The van der Waals surface area contributed by atoms with Crippen molar-refractivity contribution in [2.24, 2.45) is 0 Å². The molecule has 0 saturated carbocycles. The smallest absolute Gasteiger partial charge is 0.222 e. The van der Waals surface area contributed by atoms with Crippen LogP contribution >= 0.6 is 0 Å². The molecule has 1 aliphatic heterocycles. The molecule has 1 aromatic carbocycles. The topological polar surface area (TPSA) is 40.5 Å². The lowest BCUT2D eigenvalue weighted by Crippen LogP contribution is -2.38. The summed E-state index contributed by atoms with van der Waals surface area (Å²) >= 11 is 0. The zero-order valence-electron chi connectivity index (χ0n) is 9.30. The largest absolute Gasteiger partial charge is 0.387 e. The molecule has 0 aromatic heterocycles. The van der Waals surface area contributed by atoms with Crippen molar-refractivity contribution in [1.29, 1.82) is 0 Å². The lowest BCUT2D eigenvalue weighted by atomic mass is 10.1. The molecule has 1 aliphatic rings. The van der Waals surface area contributed by atoms with Crippen molar-refractivity contribution in [1.82, 2.24) is 4.90 Å². The van der Waals surface area contributed by atoms with Crippen LogP contribution in [0.4, 0.5) is 0 Å². The summed E-state index contributed by atoms with van der Waals surface area (Å²) in [5.41, 5.74) is 0.876. The second-order valence-corrected chi connectivity index (χ2v) is 4.22. The third kappa shape index (κ3) is 2.61. The van der Waals surface area contributed by atoms with E-state index in [4.69, 9.17) is 0 Å². The third-order valence-electron chi connectivity index (χ3n) is 3.00. The van der Waals surface area contributed by atoms with Crippen LogP contribution in [0.1, 0.15) is 30.9 Å². The van der Waals surface area contributed by atoms with Gasteiger partial charge in [0.1, 0.15) is 0 Å². The molecule has 1 N–H and O–H groups in total. The van der Waals surface area contributed by atoms with Gasteiger partial charge in [0.2, 0.25) is 5.91 Å². The SMILES string of the molecule is O=C1CCCCN1C[C@@H](O)c1ccccc1. The van der Waals surface area contributed by atoms with Crippen LogP contribution in [0, 0.1) is 0 Å². The molecule has 16 heavy (non-hydrogen) atoms. The van der Waals surface area contributed by atoms with Crippen LogP contribution in [0.15, 0.2) is 30.3 Å². The number of hydrogen-bond donors (Lipinski definition) is 1. The van der Waals surface area contributed by atoms with Crippen molar-refractivity contribution in [3.05, 3.63) is 35.9 Å². The molecule has 86 valence electrons. The molecule has 0 unspecified atom stereocenters. The van der Waals surface area contributed by atoms with Crippen LogP contribution in [0.3, 0.4) is 0 Å². The van der Waals surface area contributed by atoms with E-state index in [1.807, 2.05) is 30.3 Å². The maximum absolute atomic E-state index is 11.6. The molecule has 2 rings (SSSR count). The molecule has 1 atom stereocenters. The summed E-state index contributed by atoms with van der Waals surface area (Å²) in [6.45, 7) is 1.20. The molecular weight excluding hydrogens is 202 g/mol. The molecule has 3 nitrogen and oxygen atoms in total. The van der Waals surface area contributed by atoms with Crippen molar-refractivity contribution in [3.8, 4) is 0 Å². The molecule has 0 bridgehead atoms. The number of carbonyl (C=O) groups is 1. The predicted octanol–water partition coefficient (Wildman–Crippen LogP) is 1.73. The van der Waals surface area contributed by atoms with Gasteiger partial charge in [-0.2, -0.15) is 0 Å². The average molecular weight is 219 g/mol. The number of hydrogen-bond acceptors (Lipinski definition) is 2. The predicted molar refractivity (Wildman–Crippen MR) is 61.8 cm³/mol. The number of aliphatic hydroxyl groups is 1. The van der Waals surface area contributed by atoms with E-state index in [0.717, 1.165) is 24.9 Å². The first-order valence-corrected chi connectivity index (χ1v) is 5.78. The fraction of sp³-hybridized carbons (Fsp3) is 0.462. The monoisotopic (exact) mass is 219 g/mol. The number of carbonyl (C=O) groups excluding carboxylic acids is 1. The van der Waals surface area contributed by atoms with Crippen LogP contribution in [0.2, 0.25) is 0 Å². The molecule has 1 heterocycles. The van der Waals surface area contributed by atoms with Crippen molar-refractivity contribution >= 4 is 5.91 Å². The highest BCUT2D eigenvalue weighted by atomic mass is 16.3. The molecule has 0 aliphatic carbocycles. The number of β-amino-alcohol motifs (C(OH)–C–C–N with tert-alkyl or cyclic N) is 1. The Morgan fingerprint density at radius 2 is 2.00 bits per heavy atom. The van der Waals surface area contributed by atoms with E-state index in [0.29, 0.717) is 13.0 Å². The van der Waals surface area contributed by atoms with Crippen molar-refractivity contribution < 1.29 is 9.90 Å². The maximum atomic E-state index is 11.6. The highest BCUT2D eigenvalue weighted by molar-refractivity contribution is 5.76. The van der Waals surface area contributed by atoms with Gasteiger partial charge in [-0.3, -0.25) is 4.79 Å². The summed E-state index contributed by atoms with van der Waals surface area (Å²) in [6.07, 6.45) is 2.09. The van der Waals surface area contributed by atoms with Gasteiger partial charge in [-0.1, -0.05) is 30.3 Å². The quantitative estimate of drug-likeness (QED) is 0.841. The van der Waals surface area contributed by atoms with Crippen molar-refractivity contribution in [3.63, 3.8) is 0 Å². The number of piperidine rings is 1. The Labute approximate surface area is 95.7 Å². The van der Waals surface area contributed by atoms with Crippen LogP contribution < -0.4 is 0 Å². The molecular formula is C13H17NO2. The van der Waals surface area contributed by atoms with Gasteiger partial charge in [0.15, 0.2) is 0 Å². The minimum Gasteiger partial charge on any atom is -0.387 e. The molecule has 3 heteroatoms. The highest BCUT2D eigenvalue weighted by Gasteiger charge is 2.21. The van der Waals surface area contributed by atoms with E-state index in [9.17, 15) is 9.90 Å². The van der Waals surface area contributed by atoms with Gasteiger partial charge in [-0.15, -0.1) is 0 Å². The van der Waals surface area contributed by atoms with Crippen molar-refractivity contribution in [2.75, 3.05) is 13.1 Å². The van der Waals surface area contributed by atoms with Gasteiger partial charge >= 0.3 is 0 Å². The van der Waals surface area contributed by atoms with Crippen LogP contribution in [-0.2, 0) is 4.79 Å². The Bertz CT molecular complexity index is 350. The normalized spacial score (nSPS) is 18.6. The Morgan fingerprint density at radius 3 is 2.69 bits per heavy atom. The summed E-state index contributed by atoms with van der Waals surface area (Å²) in [4.78, 5) is 13.3. The lowest BCUT2D eigenvalue weighted by molar-refractivity contribution is -0.134. The fourth-order valence-electron chi connectivity index (χ4n) is 2.04. The maximum Gasteiger partial charge on any atom is 0.222 e. The van der Waals surface area contributed by atoms with E-state index in [-0.39, 0.29) is 5.91 Å². The summed E-state index contributed by atoms with van der Waals surface area (Å²) in [6, 6.07) is 9.49. The molecule has 1 aromatic rings. The summed E-state index contributed by atoms with van der Waals surface area (Å²) in [5.74, 6) is 0.168. The molecule has 0 radical (unpaired) electrons.